The van der Waals surface area contributed by atoms with Crippen molar-refractivity contribution in [2.75, 3.05) is 10.6 Å². The van der Waals surface area contributed by atoms with E-state index >= 15 is 0 Å². The lowest BCUT2D eigenvalue weighted by molar-refractivity contribution is -0.112. The second-order valence-corrected chi connectivity index (χ2v) is 3.93. The second kappa shape index (κ2) is 6.29. The number of nitrogens with one attached hydrogen (secondary N) is 2. The van der Waals surface area contributed by atoms with E-state index in [4.69, 9.17) is 0 Å². The molecule has 106 valence electrons. The van der Waals surface area contributed by atoms with Crippen LogP contribution in [-0.2, 0) is 9.59 Å². The normalized spacial score (nSPS) is 11.0. The van der Waals surface area contributed by atoms with E-state index in [1.165, 1.54) is 22.9 Å². The van der Waals surface area contributed by atoms with Gasteiger partial charge in [0.2, 0.25) is 6.41 Å². The fraction of sp³-hybridized carbons (Fsp3) is 0. The van der Waals surface area contributed by atoms with Gasteiger partial charge in [0, 0.05) is 5.57 Å². The summed E-state index contributed by atoms with van der Waals surface area (Å²) in [5, 5.41) is 9.24. The maximum atomic E-state index is 12.0. The summed E-state index contributed by atoms with van der Waals surface area (Å²) in [5.74, 6) is 0.377. The molecule has 0 fully saturated rings. The number of fused-ring (bicyclic) bond motifs is 1. The van der Waals surface area contributed by atoms with Gasteiger partial charge < -0.3 is 10.6 Å². The summed E-state index contributed by atoms with van der Waals surface area (Å²) in [6.07, 6.45) is 6.54. The molecular formula is C14H13N5O2. The molecule has 0 bridgehead atoms. The maximum Gasteiger partial charge on any atom is 0.256 e. The molecule has 2 rings (SSSR count). The first-order chi connectivity index (χ1) is 10.2. The number of hydrogen-bond acceptors (Lipinski definition) is 4. The Morgan fingerprint density at radius 2 is 2.10 bits per heavy atom. The summed E-state index contributed by atoms with van der Waals surface area (Å²) >= 11 is 0. The highest BCUT2D eigenvalue weighted by molar-refractivity contribution is 6.05. The number of imidazole rings is 1. The first-order valence-corrected chi connectivity index (χ1v) is 6.01. The van der Waals surface area contributed by atoms with Crippen LogP contribution in [0.4, 0.5) is 11.6 Å². The first kappa shape index (κ1) is 14.2. The highest BCUT2D eigenvalue weighted by atomic mass is 16.1. The number of carbonyl (C=O) groups is 2. The molecule has 2 N–H and O–H groups in total. The molecular weight excluding hydrogens is 270 g/mol. The summed E-state index contributed by atoms with van der Waals surface area (Å²) in [7, 11) is 0. The van der Waals surface area contributed by atoms with Crippen LogP contribution in [0.1, 0.15) is 0 Å². The van der Waals surface area contributed by atoms with Gasteiger partial charge in [-0.15, -0.1) is 5.10 Å². The van der Waals surface area contributed by atoms with Crippen LogP contribution in [0.15, 0.2) is 55.3 Å². The number of amides is 2. The van der Waals surface area contributed by atoms with E-state index in [-0.39, 0.29) is 5.91 Å². The van der Waals surface area contributed by atoms with Crippen molar-refractivity contribution in [1.29, 1.82) is 0 Å². The summed E-state index contributed by atoms with van der Waals surface area (Å²) in [6.45, 7) is 7.09. The number of nitrogens with zero attached hydrogens (tertiary/aromatic N) is 3. The fourth-order valence-corrected chi connectivity index (χ4v) is 1.63. The smallest absolute Gasteiger partial charge is 0.256 e. The predicted octanol–water partition coefficient (Wildman–Crippen LogP) is 1.53. The fourth-order valence-electron chi connectivity index (χ4n) is 1.63. The Morgan fingerprint density at radius 3 is 2.76 bits per heavy atom. The molecule has 0 aromatic carbocycles. The number of allylic oxidation sites excluding steroid dienone is 2. The van der Waals surface area contributed by atoms with Gasteiger partial charge in [0.15, 0.2) is 17.3 Å². The summed E-state index contributed by atoms with van der Waals surface area (Å²) in [5.41, 5.74) is 0.920. The van der Waals surface area contributed by atoms with Crippen molar-refractivity contribution in [2.24, 2.45) is 0 Å². The Balaban J connectivity index is 2.24. The molecule has 0 atom stereocenters. The summed E-state index contributed by atoms with van der Waals surface area (Å²) in [4.78, 5) is 26.4. The molecule has 7 nitrogen and oxygen atoms in total. The lowest BCUT2D eigenvalue weighted by atomic mass is 10.2. The highest BCUT2D eigenvalue weighted by Crippen LogP contribution is 2.11. The minimum Gasteiger partial charge on any atom is -0.312 e. The van der Waals surface area contributed by atoms with Gasteiger partial charge in [-0.05, 0) is 12.1 Å². The molecule has 0 aliphatic heterocycles. The molecule has 21 heavy (non-hydrogen) atoms. The van der Waals surface area contributed by atoms with E-state index in [1.807, 2.05) is 0 Å². The van der Waals surface area contributed by atoms with Crippen LogP contribution < -0.4 is 10.6 Å². The highest BCUT2D eigenvalue weighted by Gasteiger charge is 2.08. The predicted molar refractivity (Wildman–Crippen MR) is 79.8 cm³/mol. The van der Waals surface area contributed by atoms with Crippen molar-refractivity contribution in [3.63, 3.8) is 0 Å². The molecule has 0 saturated carbocycles. The lowest BCUT2D eigenvalue weighted by Gasteiger charge is -2.04. The number of rotatable bonds is 6. The number of hydrogen-bond donors (Lipinski definition) is 2. The van der Waals surface area contributed by atoms with Crippen molar-refractivity contribution in [2.45, 2.75) is 0 Å². The van der Waals surface area contributed by atoms with Crippen LogP contribution in [0.2, 0.25) is 0 Å². The van der Waals surface area contributed by atoms with Crippen molar-refractivity contribution in [3.05, 3.63) is 55.3 Å². The molecule has 0 unspecified atom stereocenters. The third-order valence-corrected chi connectivity index (χ3v) is 2.55. The van der Waals surface area contributed by atoms with Crippen molar-refractivity contribution < 1.29 is 9.59 Å². The average Bonchev–Trinajstić information content (AvgIpc) is 2.86. The molecule has 0 aliphatic rings. The molecule has 0 saturated heterocycles. The van der Waals surface area contributed by atoms with Gasteiger partial charge >= 0.3 is 0 Å². The Morgan fingerprint density at radius 1 is 1.29 bits per heavy atom. The zero-order valence-electron chi connectivity index (χ0n) is 11.1. The maximum absolute atomic E-state index is 12.0. The van der Waals surface area contributed by atoms with E-state index in [2.05, 4.69) is 33.9 Å². The average molecular weight is 283 g/mol. The SMILES string of the molecule is C=C/C=C(\C=C)C(=O)Nc1ccc2nc(NC=O)cn2n1. The van der Waals surface area contributed by atoms with E-state index in [1.54, 1.807) is 18.2 Å². The third-order valence-electron chi connectivity index (χ3n) is 2.55. The summed E-state index contributed by atoms with van der Waals surface area (Å²) in [6, 6.07) is 3.28. The van der Waals surface area contributed by atoms with Crippen LogP contribution in [0.25, 0.3) is 5.65 Å². The van der Waals surface area contributed by atoms with Crippen LogP contribution in [0.5, 0.6) is 0 Å². The number of anilines is 2. The quantitative estimate of drug-likeness (QED) is 0.478. The van der Waals surface area contributed by atoms with Gasteiger partial charge in [-0.3, -0.25) is 9.59 Å². The Labute approximate surface area is 120 Å². The minimum atomic E-state index is -0.344. The lowest BCUT2D eigenvalue weighted by Crippen LogP contribution is -2.14. The van der Waals surface area contributed by atoms with Crippen molar-refractivity contribution in [1.82, 2.24) is 14.6 Å². The molecule has 2 amide bonds. The standard InChI is InChI=1S/C14H13N5O2/c1-3-5-10(4-2)14(21)17-11-6-7-13-16-12(15-9-20)8-19(13)18-11/h3-9H,1-2H2,(H,15,20)(H,17,18,21)/b10-5+. The molecule has 2 aromatic rings. The van der Waals surface area contributed by atoms with Gasteiger partial charge in [0.1, 0.15) is 0 Å². The van der Waals surface area contributed by atoms with E-state index in [9.17, 15) is 9.59 Å². The molecule has 7 heteroatoms. The zero-order valence-corrected chi connectivity index (χ0v) is 11.1. The number of aromatic nitrogens is 3. The Hall–Kier alpha value is -3.22. The van der Waals surface area contributed by atoms with Crippen LogP contribution in [-0.4, -0.2) is 26.9 Å². The van der Waals surface area contributed by atoms with Gasteiger partial charge in [-0.2, -0.15) is 0 Å². The Bertz CT molecular complexity index is 745. The monoisotopic (exact) mass is 283 g/mol. The third kappa shape index (κ3) is 3.21. The second-order valence-electron chi connectivity index (χ2n) is 3.93. The van der Waals surface area contributed by atoms with Crippen molar-refractivity contribution in [3.8, 4) is 0 Å². The van der Waals surface area contributed by atoms with Gasteiger partial charge in [-0.1, -0.05) is 31.4 Å². The van der Waals surface area contributed by atoms with Crippen molar-refractivity contribution >= 4 is 29.6 Å². The molecule has 2 heterocycles. The molecule has 2 aromatic heterocycles. The van der Waals surface area contributed by atoms with Crippen LogP contribution >= 0.6 is 0 Å². The van der Waals surface area contributed by atoms with E-state index < -0.39 is 0 Å². The topological polar surface area (TPSA) is 88.4 Å². The zero-order chi connectivity index (χ0) is 15.2. The molecule has 0 spiro atoms. The number of carbonyl (C=O) groups excluding carboxylic acids is 2. The van der Waals surface area contributed by atoms with Gasteiger partial charge in [0.05, 0.1) is 6.20 Å². The molecule has 0 radical (unpaired) electrons. The van der Waals surface area contributed by atoms with Crippen LogP contribution in [0, 0.1) is 0 Å². The van der Waals surface area contributed by atoms with E-state index in [0.717, 1.165) is 0 Å². The Kier molecular flexibility index (Phi) is 4.25. The minimum absolute atomic E-state index is 0.344. The van der Waals surface area contributed by atoms with Crippen LogP contribution in [0.3, 0.4) is 0 Å². The first-order valence-electron chi connectivity index (χ1n) is 6.01. The van der Waals surface area contributed by atoms with Gasteiger partial charge in [-0.25, -0.2) is 9.50 Å². The molecule has 0 aliphatic carbocycles. The van der Waals surface area contributed by atoms with Gasteiger partial charge in [0.25, 0.3) is 5.91 Å². The largest absolute Gasteiger partial charge is 0.312 e. The van der Waals surface area contributed by atoms with E-state index in [0.29, 0.717) is 29.3 Å². The summed E-state index contributed by atoms with van der Waals surface area (Å²) < 4.78 is 1.45.